The predicted molar refractivity (Wildman–Crippen MR) is 162 cm³/mol. The highest BCUT2D eigenvalue weighted by molar-refractivity contribution is 7.99. The molecule has 1 amide bonds. The normalized spacial score (nSPS) is 16.6. The lowest BCUT2D eigenvalue weighted by atomic mass is 10.1. The molecule has 2 saturated heterocycles. The van der Waals surface area contributed by atoms with Crippen molar-refractivity contribution < 1.29 is 22.7 Å². The first-order valence-electron chi connectivity index (χ1n) is 14.0. The van der Waals surface area contributed by atoms with E-state index in [1.165, 1.54) is 30.3 Å². The van der Waals surface area contributed by atoms with Gasteiger partial charge < -0.3 is 30.9 Å². The molecule has 5 N–H and O–H groups in total. The summed E-state index contributed by atoms with van der Waals surface area (Å²) in [5.74, 6) is -0.875. The quantitative estimate of drug-likeness (QED) is 0.219. The lowest BCUT2D eigenvalue weighted by Crippen LogP contribution is -2.44. The van der Waals surface area contributed by atoms with E-state index in [-0.39, 0.29) is 33.2 Å². The molecular weight excluding hydrogens is 579 g/mol. The maximum atomic E-state index is 13.5. The van der Waals surface area contributed by atoms with Gasteiger partial charge in [0.1, 0.15) is 10.7 Å². The summed E-state index contributed by atoms with van der Waals surface area (Å²) in [4.78, 5) is 22.4. The van der Waals surface area contributed by atoms with E-state index >= 15 is 0 Å². The molecule has 43 heavy (non-hydrogen) atoms. The third-order valence-electron chi connectivity index (χ3n) is 7.48. The molecule has 13 heteroatoms. The number of carbonyl (C=O) groups is 1. The van der Waals surface area contributed by atoms with E-state index in [4.69, 9.17) is 15.9 Å². The van der Waals surface area contributed by atoms with Crippen molar-refractivity contribution in [2.75, 3.05) is 62.4 Å². The Bertz CT molecular complexity index is 1470. The molecule has 2 aliphatic heterocycles. The van der Waals surface area contributed by atoms with Crippen LogP contribution in [0.3, 0.4) is 0 Å². The van der Waals surface area contributed by atoms with Crippen molar-refractivity contribution in [1.82, 2.24) is 15.2 Å². The fraction of sp³-hybridized carbons (Fsp3) is 0.367. The van der Waals surface area contributed by atoms with Crippen LogP contribution in [0.2, 0.25) is 0 Å². The first kappa shape index (κ1) is 30.6. The number of anilines is 3. The van der Waals surface area contributed by atoms with Crippen molar-refractivity contribution in [2.45, 2.75) is 35.0 Å². The molecule has 228 valence electrons. The molecule has 3 aromatic rings. The van der Waals surface area contributed by atoms with E-state index in [1.54, 1.807) is 6.07 Å². The number of nitrogens with two attached hydrogens (primary N) is 1. The van der Waals surface area contributed by atoms with Crippen molar-refractivity contribution >= 4 is 40.6 Å². The number of rotatable bonds is 7. The van der Waals surface area contributed by atoms with Gasteiger partial charge in [-0.2, -0.15) is 13.2 Å². The fourth-order valence-electron chi connectivity index (χ4n) is 5.02. The van der Waals surface area contributed by atoms with Crippen LogP contribution in [-0.2, 0) is 10.9 Å². The lowest BCUT2D eigenvalue weighted by Gasteiger charge is -2.34. The first-order chi connectivity index (χ1) is 20.6. The molecule has 0 aliphatic carbocycles. The van der Waals surface area contributed by atoms with E-state index in [9.17, 15) is 18.0 Å². The zero-order chi connectivity index (χ0) is 30.6. The number of ether oxygens (including phenoxy) is 1. The third-order valence-corrected chi connectivity index (χ3v) is 8.49. The molecule has 0 bridgehead atoms. The largest absolute Gasteiger partial charge is 0.417 e. The van der Waals surface area contributed by atoms with Crippen LogP contribution in [0.5, 0.6) is 0 Å². The number of halogens is 3. The molecule has 2 aliphatic rings. The topological polar surface area (TPSA) is 120 Å². The number of benzene rings is 2. The Morgan fingerprint density at radius 3 is 2.51 bits per heavy atom. The molecule has 9 nitrogen and oxygen atoms in total. The zero-order valence-electron chi connectivity index (χ0n) is 23.7. The van der Waals surface area contributed by atoms with Gasteiger partial charge in [0.05, 0.1) is 16.8 Å². The SMILES string of the molecule is CN1CCN(c2ccc(C(=O)NC(=N)c3nc(Sc4ccccc4C(F)(F)F)ccc3N)c(NC3CCOCC3)c2)CC1. The van der Waals surface area contributed by atoms with Gasteiger partial charge in [-0.3, -0.25) is 10.2 Å². The number of carbonyl (C=O) groups excluding carboxylic acids is 1. The second-order valence-electron chi connectivity index (χ2n) is 10.6. The van der Waals surface area contributed by atoms with Gasteiger partial charge in [0, 0.05) is 61.7 Å². The van der Waals surface area contributed by atoms with Crippen molar-refractivity contribution in [3.05, 3.63) is 71.4 Å². The number of nitrogens with zero attached hydrogens (tertiary/aromatic N) is 3. The summed E-state index contributed by atoms with van der Waals surface area (Å²) in [6, 6.07) is 13.9. The number of aromatic nitrogens is 1. The Kier molecular flexibility index (Phi) is 9.43. The van der Waals surface area contributed by atoms with Gasteiger partial charge >= 0.3 is 6.18 Å². The van der Waals surface area contributed by atoms with E-state index in [0.29, 0.717) is 24.5 Å². The molecule has 0 saturated carbocycles. The minimum atomic E-state index is -4.53. The van der Waals surface area contributed by atoms with E-state index in [0.717, 1.165) is 62.5 Å². The molecule has 2 fully saturated rings. The minimum absolute atomic E-state index is 0.0296. The summed E-state index contributed by atoms with van der Waals surface area (Å²) >= 11 is 0.810. The zero-order valence-corrected chi connectivity index (χ0v) is 24.5. The molecule has 0 radical (unpaired) electrons. The number of amidine groups is 1. The standard InChI is InChI=1S/C30H34F3N7O2S/c1-39-12-14-40(15-13-39)20-6-7-21(24(18-20)36-19-10-16-42-17-11-19)29(41)38-28(35)27-23(34)8-9-26(37-27)43-25-5-3-2-4-22(25)30(31,32)33/h2-9,18-19,36H,10-17,34H2,1H3,(H2,35,38,41). The van der Waals surface area contributed by atoms with Crippen LogP contribution in [0.25, 0.3) is 0 Å². The number of amides is 1. The first-order valence-corrected chi connectivity index (χ1v) is 14.8. The van der Waals surface area contributed by atoms with Crippen molar-refractivity contribution in [3.63, 3.8) is 0 Å². The van der Waals surface area contributed by atoms with Gasteiger partial charge in [-0.15, -0.1) is 0 Å². The number of likely N-dealkylation sites (N-methyl/N-ethyl adjacent to an activating group) is 1. The van der Waals surface area contributed by atoms with Gasteiger partial charge in [0.15, 0.2) is 5.84 Å². The molecule has 1 aromatic heterocycles. The maximum absolute atomic E-state index is 13.5. The molecule has 5 rings (SSSR count). The monoisotopic (exact) mass is 613 g/mol. The average molecular weight is 614 g/mol. The Labute approximate surface area is 252 Å². The molecule has 0 unspecified atom stereocenters. The Hall–Kier alpha value is -3.81. The van der Waals surface area contributed by atoms with E-state index in [2.05, 4.69) is 32.5 Å². The minimum Gasteiger partial charge on any atom is -0.397 e. The number of hydrogen-bond donors (Lipinski definition) is 4. The summed E-state index contributed by atoms with van der Waals surface area (Å²) in [6.07, 6.45) is -2.92. The van der Waals surface area contributed by atoms with Crippen LogP contribution in [0.15, 0.2) is 64.5 Å². The molecular formula is C30H34F3N7O2S. The lowest BCUT2D eigenvalue weighted by molar-refractivity contribution is -0.139. The Balaban J connectivity index is 1.36. The highest BCUT2D eigenvalue weighted by atomic mass is 32.2. The number of pyridine rings is 1. The Morgan fingerprint density at radius 2 is 1.79 bits per heavy atom. The van der Waals surface area contributed by atoms with E-state index < -0.39 is 17.6 Å². The van der Waals surface area contributed by atoms with Gasteiger partial charge in [0.2, 0.25) is 0 Å². The molecule has 3 heterocycles. The maximum Gasteiger partial charge on any atom is 0.417 e. The number of nitrogens with one attached hydrogen (secondary N) is 3. The van der Waals surface area contributed by atoms with Gasteiger partial charge in [0.25, 0.3) is 5.91 Å². The number of hydrogen-bond acceptors (Lipinski definition) is 9. The summed E-state index contributed by atoms with van der Waals surface area (Å²) < 4.78 is 46.0. The number of piperazine rings is 1. The summed E-state index contributed by atoms with van der Waals surface area (Å²) in [6.45, 7) is 4.89. The van der Waals surface area contributed by atoms with Crippen LogP contribution in [0.1, 0.15) is 34.5 Å². The average Bonchev–Trinajstić information content (AvgIpc) is 2.98. The third kappa shape index (κ3) is 7.59. The smallest absolute Gasteiger partial charge is 0.397 e. The summed E-state index contributed by atoms with van der Waals surface area (Å²) in [7, 11) is 2.09. The second-order valence-corrected chi connectivity index (χ2v) is 11.6. The van der Waals surface area contributed by atoms with E-state index in [1.807, 2.05) is 12.1 Å². The van der Waals surface area contributed by atoms with Crippen LogP contribution < -0.4 is 21.3 Å². The summed E-state index contributed by atoms with van der Waals surface area (Å²) in [5.41, 5.74) is 7.40. The van der Waals surface area contributed by atoms with Crippen molar-refractivity contribution in [1.29, 1.82) is 5.41 Å². The van der Waals surface area contributed by atoms with Crippen molar-refractivity contribution in [3.8, 4) is 0 Å². The van der Waals surface area contributed by atoms with Gasteiger partial charge in [-0.1, -0.05) is 23.9 Å². The molecule has 0 spiro atoms. The predicted octanol–water partition coefficient (Wildman–Crippen LogP) is 4.93. The van der Waals surface area contributed by atoms with Gasteiger partial charge in [-0.25, -0.2) is 4.98 Å². The molecule has 2 aromatic carbocycles. The van der Waals surface area contributed by atoms with Crippen LogP contribution in [0.4, 0.5) is 30.2 Å². The highest BCUT2D eigenvalue weighted by Gasteiger charge is 2.33. The number of alkyl halides is 3. The van der Waals surface area contributed by atoms with Crippen LogP contribution in [0, 0.1) is 5.41 Å². The highest BCUT2D eigenvalue weighted by Crippen LogP contribution is 2.39. The van der Waals surface area contributed by atoms with Crippen LogP contribution in [-0.4, -0.2) is 74.1 Å². The Morgan fingerprint density at radius 1 is 1.07 bits per heavy atom. The van der Waals surface area contributed by atoms with Gasteiger partial charge in [-0.05, 0) is 62.4 Å². The molecule has 0 atom stereocenters. The number of nitrogen functional groups attached to an aromatic ring is 1. The van der Waals surface area contributed by atoms with Crippen LogP contribution >= 0.6 is 11.8 Å². The fourth-order valence-corrected chi connectivity index (χ4v) is 5.96. The van der Waals surface area contributed by atoms with Crippen molar-refractivity contribution in [2.24, 2.45) is 0 Å². The second kappa shape index (κ2) is 13.2. The summed E-state index contributed by atoms with van der Waals surface area (Å²) in [5, 5.41) is 14.9.